The Bertz CT molecular complexity index is 968. The topological polar surface area (TPSA) is 40.8 Å². The average molecular weight is 378 g/mol. The van der Waals surface area contributed by atoms with Crippen LogP contribution in [0.5, 0.6) is 0 Å². The summed E-state index contributed by atoms with van der Waals surface area (Å²) in [7, 11) is 0. The van der Waals surface area contributed by atoms with Gasteiger partial charge < -0.3 is 9.67 Å². The molecule has 27 heavy (non-hydrogen) atoms. The molecule has 3 aromatic rings. The minimum Gasteiger partial charge on any atom is -0.363 e. The zero-order valence-electron chi connectivity index (χ0n) is 15.2. The lowest BCUT2D eigenvalue weighted by Gasteiger charge is -2.34. The molecule has 5 heteroatoms. The second-order valence-corrected chi connectivity index (χ2v) is 8.28. The zero-order chi connectivity index (χ0) is 18.3. The standard InChI is InChI=1S/C22H23N3OS/c26-22(16-24-12-5-2-6-13-24)19-10-7-14-25(19)21-18(11-15-27-21)20(23-22)17-8-3-1-4-9-17/h1,3-4,7-11,14-15,26H,2,5-6,12-13,16H2. The van der Waals surface area contributed by atoms with Gasteiger partial charge in [-0.15, -0.1) is 11.3 Å². The molecule has 1 N–H and O–H groups in total. The molecular weight excluding hydrogens is 354 g/mol. The summed E-state index contributed by atoms with van der Waals surface area (Å²) in [6.07, 6.45) is 5.70. The van der Waals surface area contributed by atoms with E-state index < -0.39 is 5.72 Å². The van der Waals surface area contributed by atoms with Crippen LogP contribution in [0.2, 0.25) is 0 Å². The highest BCUT2D eigenvalue weighted by atomic mass is 32.1. The lowest BCUT2D eigenvalue weighted by atomic mass is 10.0. The first-order chi connectivity index (χ1) is 13.2. The third-order valence-electron chi connectivity index (χ3n) is 5.51. The number of piperidine rings is 1. The number of β-amino-alcohol motifs (C(OH)–C–C–N with tert-alkyl or cyclic N) is 1. The number of hydrogen-bond acceptors (Lipinski definition) is 4. The van der Waals surface area contributed by atoms with Crippen LogP contribution in [0.25, 0.3) is 5.00 Å². The molecule has 1 aromatic carbocycles. The molecule has 1 fully saturated rings. The van der Waals surface area contributed by atoms with E-state index in [0.717, 1.165) is 40.6 Å². The van der Waals surface area contributed by atoms with E-state index in [1.54, 1.807) is 11.3 Å². The van der Waals surface area contributed by atoms with Crippen LogP contribution in [-0.4, -0.2) is 39.9 Å². The molecule has 4 heterocycles. The normalized spacial score (nSPS) is 22.6. The zero-order valence-corrected chi connectivity index (χ0v) is 16.0. The first-order valence-electron chi connectivity index (χ1n) is 9.61. The van der Waals surface area contributed by atoms with Crippen molar-refractivity contribution < 1.29 is 5.11 Å². The van der Waals surface area contributed by atoms with Crippen molar-refractivity contribution in [3.05, 3.63) is 76.9 Å². The maximum absolute atomic E-state index is 11.8. The van der Waals surface area contributed by atoms with Gasteiger partial charge in [-0.1, -0.05) is 36.8 Å². The van der Waals surface area contributed by atoms with Crippen molar-refractivity contribution in [2.24, 2.45) is 4.99 Å². The summed E-state index contributed by atoms with van der Waals surface area (Å²) in [6.45, 7) is 2.59. The minimum atomic E-state index is -1.26. The van der Waals surface area contributed by atoms with Crippen LogP contribution in [0.15, 0.2) is 65.1 Å². The van der Waals surface area contributed by atoms with Crippen LogP contribution in [0, 0.1) is 0 Å². The van der Waals surface area contributed by atoms with Crippen molar-refractivity contribution in [1.29, 1.82) is 0 Å². The highest BCUT2D eigenvalue weighted by Gasteiger charge is 2.38. The van der Waals surface area contributed by atoms with Crippen molar-refractivity contribution in [3.63, 3.8) is 0 Å². The van der Waals surface area contributed by atoms with E-state index in [1.165, 1.54) is 19.3 Å². The van der Waals surface area contributed by atoms with Crippen molar-refractivity contribution in [2.75, 3.05) is 19.6 Å². The second-order valence-electron chi connectivity index (χ2n) is 7.38. The number of fused-ring (bicyclic) bond motifs is 3. The van der Waals surface area contributed by atoms with Gasteiger partial charge >= 0.3 is 0 Å². The van der Waals surface area contributed by atoms with Gasteiger partial charge in [0.1, 0.15) is 5.00 Å². The Kier molecular flexibility index (Phi) is 4.23. The molecule has 138 valence electrons. The fourth-order valence-corrected chi connectivity index (χ4v) is 5.11. The Balaban J connectivity index is 1.67. The van der Waals surface area contributed by atoms with Gasteiger partial charge in [0.2, 0.25) is 5.72 Å². The van der Waals surface area contributed by atoms with Gasteiger partial charge in [-0.3, -0.25) is 4.90 Å². The molecule has 0 radical (unpaired) electrons. The van der Waals surface area contributed by atoms with Crippen molar-refractivity contribution >= 4 is 17.0 Å². The van der Waals surface area contributed by atoms with E-state index in [2.05, 4.69) is 33.0 Å². The number of aliphatic hydroxyl groups is 1. The summed E-state index contributed by atoms with van der Waals surface area (Å²) >= 11 is 1.69. The van der Waals surface area contributed by atoms with Crippen LogP contribution in [-0.2, 0) is 5.72 Å². The molecule has 1 saturated heterocycles. The van der Waals surface area contributed by atoms with E-state index in [-0.39, 0.29) is 0 Å². The monoisotopic (exact) mass is 377 g/mol. The van der Waals surface area contributed by atoms with Crippen LogP contribution in [0.3, 0.4) is 0 Å². The fourth-order valence-electron chi connectivity index (χ4n) is 4.22. The summed E-state index contributed by atoms with van der Waals surface area (Å²) < 4.78 is 2.11. The SMILES string of the molecule is OC1(CN2CCCCC2)N=C(c2ccccc2)c2ccsc2-n2cccc21. The first-order valence-corrected chi connectivity index (χ1v) is 10.5. The van der Waals surface area contributed by atoms with E-state index in [1.807, 2.05) is 36.5 Å². The predicted octanol–water partition coefficient (Wildman–Crippen LogP) is 4.02. The highest BCUT2D eigenvalue weighted by molar-refractivity contribution is 7.13. The number of aromatic nitrogens is 1. The quantitative estimate of drug-likeness (QED) is 0.749. The van der Waals surface area contributed by atoms with Gasteiger partial charge in [0.05, 0.1) is 18.0 Å². The summed E-state index contributed by atoms with van der Waals surface area (Å²) in [5.41, 5.74) is 2.58. The fraction of sp³-hybridized carbons (Fsp3) is 0.318. The number of hydrogen-bond donors (Lipinski definition) is 1. The van der Waals surface area contributed by atoms with Gasteiger partial charge in [0, 0.05) is 17.3 Å². The van der Waals surface area contributed by atoms with Gasteiger partial charge in [0.25, 0.3) is 0 Å². The summed E-state index contributed by atoms with van der Waals surface area (Å²) in [5, 5.41) is 15.0. The molecule has 4 nitrogen and oxygen atoms in total. The molecule has 0 spiro atoms. The largest absolute Gasteiger partial charge is 0.363 e. The predicted molar refractivity (Wildman–Crippen MR) is 110 cm³/mol. The molecule has 5 rings (SSSR count). The lowest BCUT2D eigenvalue weighted by molar-refractivity contribution is -0.00221. The maximum Gasteiger partial charge on any atom is 0.211 e. The van der Waals surface area contributed by atoms with Gasteiger partial charge in [-0.25, -0.2) is 4.99 Å². The summed E-state index contributed by atoms with van der Waals surface area (Å²) in [4.78, 5) is 7.37. The van der Waals surface area contributed by atoms with Gasteiger partial charge in [-0.2, -0.15) is 0 Å². The first kappa shape index (κ1) is 16.9. The Labute approximate surface area is 163 Å². The van der Waals surface area contributed by atoms with Crippen LogP contribution >= 0.6 is 11.3 Å². The summed E-state index contributed by atoms with van der Waals surface area (Å²) in [5.74, 6) is 0. The molecule has 2 aliphatic rings. The molecule has 2 aromatic heterocycles. The molecular formula is C22H23N3OS. The van der Waals surface area contributed by atoms with Crippen LogP contribution in [0.1, 0.15) is 36.1 Å². The second kappa shape index (κ2) is 6.75. The van der Waals surface area contributed by atoms with Crippen molar-refractivity contribution in [1.82, 2.24) is 9.47 Å². The molecule has 2 aliphatic heterocycles. The Morgan fingerprint density at radius 1 is 1.00 bits per heavy atom. The Morgan fingerprint density at radius 2 is 1.81 bits per heavy atom. The number of thiophene rings is 1. The van der Waals surface area contributed by atoms with Crippen molar-refractivity contribution in [2.45, 2.75) is 25.0 Å². The molecule has 0 aliphatic carbocycles. The highest BCUT2D eigenvalue weighted by Crippen LogP contribution is 2.37. The van der Waals surface area contributed by atoms with Crippen LogP contribution < -0.4 is 0 Å². The molecule has 1 unspecified atom stereocenters. The summed E-state index contributed by atoms with van der Waals surface area (Å²) in [6, 6.07) is 16.3. The Morgan fingerprint density at radius 3 is 2.63 bits per heavy atom. The molecule has 0 amide bonds. The number of nitrogens with zero attached hydrogens (tertiary/aromatic N) is 3. The maximum atomic E-state index is 11.8. The van der Waals surface area contributed by atoms with Crippen molar-refractivity contribution in [3.8, 4) is 5.00 Å². The van der Waals surface area contributed by atoms with E-state index in [0.29, 0.717) is 6.54 Å². The number of aliphatic imine (C=N–C) groups is 1. The molecule has 0 saturated carbocycles. The number of rotatable bonds is 3. The van der Waals surface area contributed by atoms with Gasteiger partial charge in [-0.05, 0) is 49.5 Å². The molecule has 1 atom stereocenters. The smallest absolute Gasteiger partial charge is 0.211 e. The lowest BCUT2D eigenvalue weighted by Crippen LogP contribution is -2.43. The van der Waals surface area contributed by atoms with Crippen LogP contribution in [0.4, 0.5) is 0 Å². The van der Waals surface area contributed by atoms with E-state index >= 15 is 0 Å². The average Bonchev–Trinajstić information content (AvgIpc) is 3.35. The number of likely N-dealkylation sites (tertiary alicyclic amines) is 1. The van der Waals surface area contributed by atoms with E-state index in [9.17, 15) is 5.11 Å². The van der Waals surface area contributed by atoms with Gasteiger partial charge in [0.15, 0.2) is 0 Å². The van der Waals surface area contributed by atoms with E-state index in [4.69, 9.17) is 4.99 Å². The minimum absolute atomic E-state index is 0.530. The Hall–Kier alpha value is -2.21. The third-order valence-corrected chi connectivity index (χ3v) is 6.43. The number of benzene rings is 1. The third kappa shape index (κ3) is 2.96. The molecule has 0 bridgehead atoms.